The highest BCUT2D eigenvalue weighted by molar-refractivity contribution is 6.30. The van der Waals surface area contributed by atoms with Gasteiger partial charge in [-0.1, -0.05) is 29.8 Å². The summed E-state index contributed by atoms with van der Waals surface area (Å²) in [5, 5.41) is 7.07. The second-order valence-electron chi connectivity index (χ2n) is 7.85. The van der Waals surface area contributed by atoms with E-state index in [0.29, 0.717) is 18.1 Å². The largest absolute Gasteiger partial charge is 0.490 e. The Morgan fingerprint density at radius 3 is 2.30 bits per heavy atom. The van der Waals surface area contributed by atoms with E-state index in [-0.39, 0.29) is 30.5 Å². The quantitative estimate of drug-likeness (QED) is 0.506. The van der Waals surface area contributed by atoms with Crippen molar-refractivity contribution in [2.24, 2.45) is 0 Å². The van der Waals surface area contributed by atoms with Crippen molar-refractivity contribution in [2.45, 2.75) is 46.2 Å². The van der Waals surface area contributed by atoms with Crippen LogP contribution in [0.4, 0.5) is 0 Å². The Labute approximate surface area is 190 Å². The number of ether oxygens (including phenoxy) is 2. The van der Waals surface area contributed by atoms with Crippen LogP contribution in [0, 0.1) is 0 Å². The Balaban J connectivity index is 0.00000450. The monoisotopic (exact) mass is 454 g/mol. The molecule has 30 heavy (non-hydrogen) atoms. The van der Waals surface area contributed by atoms with E-state index in [2.05, 4.69) is 10.6 Å². The van der Waals surface area contributed by atoms with E-state index in [4.69, 9.17) is 21.1 Å². The smallest absolute Gasteiger partial charge is 0.258 e. The molecule has 2 aromatic carbocycles. The van der Waals surface area contributed by atoms with Gasteiger partial charge in [0.15, 0.2) is 18.1 Å². The Morgan fingerprint density at radius 1 is 1.00 bits per heavy atom. The lowest BCUT2D eigenvalue weighted by atomic mass is 10.1. The third kappa shape index (κ3) is 9.70. The minimum atomic E-state index is -0.287. The van der Waals surface area contributed by atoms with Gasteiger partial charge < -0.3 is 20.1 Å². The molecule has 2 aromatic rings. The zero-order valence-corrected chi connectivity index (χ0v) is 19.7. The number of hydrogen-bond donors (Lipinski definition) is 2. The number of carbonyl (C=O) groups excluding carboxylic acids is 1. The fraction of sp³-hybridized carbons (Fsp3) is 0.435. The summed E-state index contributed by atoms with van der Waals surface area (Å²) in [5.74, 6) is 1.06. The molecule has 0 spiro atoms. The average molecular weight is 455 g/mol. The molecule has 0 aromatic heterocycles. The Bertz CT molecular complexity index is 790. The molecule has 0 aliphatic rings. The fourth-order valence-electron chi connectivity index (χ4n) is 2.76. The molecule has 0 saturated carbocycles. The maximum atomic E-state index is 12.0. The molecule has 1 amide bonds. The van der Waals surface area contributed by atoms with E-state index in [9.17, 15) is 4.79 Å². The molecule has 2 rings (SSSR count). The van der Waals surface area contributed by atoms with Crippen molar-refractivity contribution in [3.8, 4) is 11.5 Å². The third-order valence-electron chi connectivity index (χ3n) is 4.01. The summed E-state index contributed by atoms with van der Waals surface area (Å²) in [6.07, 6.45) is 0.930. The number of benzene rings is 2. The molecule has 0 saturated heterocycles. The van der Waals surface area contributed by atoms with E-state index in [1.54, 1.807) is 0 Å². The van der Waals surface area contributed by atoms with Crippen molar-refractivity contribution < 1.29 is 14.3 Å². The van der Waals surface area contributed by atoms with E-state index >= 15 is 0 Å². The summed E-state index contributed by atoms with van der Waals surface area (Å²) in [7, 11) is 0. The summed E-state index contributed by atoms with van der Waals surface area (Å²) in [6, 6.07) is 13.7. The lowest BCUT2D eigenvalue weighted by Crippen LogP contribution is -2.43. The minimum absolute atomic E-state index is 0. The highest BCUT2D eigenvalue weighted by atomic mass is 35.5. The molecule has 0 atom stereocenters. The van der Waals surface area contributed by atoms with Crippen LogP contribution in [0.1, 0.15) is 38.8 Å². The highest BCUT2D eigenvalue weighted by Gasteiger charge is 2.15. The van der Waals surface area contributed by atoms with Crippen LogP contribution >= 0.6 is 24.0 Å². The van der Waals surface area contributed by atoms with Gasteiger partial charge in [0, 0.05) is 17.1 Å². The number of amides is 1. The maximum Gasteiger partial charge on any atom is 0.258 e. The molecule has 0 aliphatic heterocycles. The average Bonchev–Trinajstić information content (AvgIpc) is 2.65. The number of rotatable bonds is 10. The molecular weight excluding hydrogens is 423 g/mol. The first-order valence-electron chi connectivity index (χ1n) is 9.91. The normalized spacial score (nSPS) is 10.8. The van der Waals surface area contributed by atoms with Gasteiger partial charge in [0.05, 0.1) is 6.61 Å². The van der Waals surface area contributed by atoms with Crippen LogP contribution in [0.3, 0.4) is 0 Å². The van der Waals surface area contributed by atoms with Crippen molar-refractivity contribution in [1.29, 1.82) is 0 Å². The Morgan fingerprint density at radius 2 is 1.67 bits per heavy atom. The van der Waals surface area contributed by atoms with Crippen LogP contribution < -0.4 is 20.1 Å². The van der Waals surface area contributed by atoms with Crippen LogP contribution in [0.5, 0.6) is 11.5 Å². The van der Waals surface area contributed by atoms with Crippen LogP contribution in [0.25, 0.3) is 0 Å². The SMILES string of the molecule is CCOc1cc(CNCCc2ccc(Cl)cc2)ccc1OCC(=O)NC(C)(C)C.Cl. The molecule has 5 nitrogen and oxygen atoms in total. The van der Waals surface area contributed by atoms with Crippen LogP contribution in [-0.2, 0) is 17.8 Å². The van der Waals surface area contributed by atoms with Crippen molar-refractivity contribution in [3.63, 3.8) is 0 Å². The molecule has 2 N–H and O–H groups in total. The predicted molar refractivity (Wildman–Crippen MR) is 125 cm³/mol. The van der Waals surface area contributed by atoms with Crippen molar-refractivity contribution >= 4 is 29.9 Å². The van der Waals surface area contributed by atoms with Crippen molar-refractivity contribution in [2.75, 3.05) is 19.8 Å². The van der Waals surface area contributed by atoms with Crippen molar-refractivity contribution in [1.82, 2.24) is 10.6 Å². The summed E-state index contributed by atoms with van der Waals surface area (Å²) >= 11 is 5.91. The van der Waals surface area contributed by atoms with E-state index in [1.807, 2.05) is 70.2 Å². The molecule has 0 unspecified atom stereocenters. The van der Waals surface area contributed by atoms with Gasteiger partial charge in [0.2, 0.25) is 0 Å². The van der Waals surface area contributed by atoms with Crippen LogP contribution in [-0.4, -0.2) is 31.2 Å². The topological polar surface area (TPSA) is 59.6 Å². The van der Waals surface area contributed by atoms with Gasteiger partial charge in [-0.3, -0.25) is 4.79 Å². The maximum absolute atomic E-state index is 12.0. The standard InChI is InChI=1S/C23H31ClN2O3.ClH/c1-5-28-21-14-18(15-25-13-12-17-6-9-19(24)10-7-17)8-11-20(21)29-16-22(27)26-23(2,3)4;/h6-11,14,25H,5,12-13,15-16H2,1-4H3,(H,26,27);1H. The van der Waals surface area contributed by atoms with Gasteiger partial charge in [-0.2, -0.15) is 0 Å². The predicted octanol–water partition coefficient (Wildman–Crippen LogP) is 4.79. The number of carbonyl (C=O) groups is 1. The third-order valence-corrected chi connectivity index (χ3v) is 4.27. The van der Waals surface area contributed by atoms with Crippen LogP contribution in [0.15, 0.2) is 42.5 Å². The van der Waals surface area contributed by atoms with Crippen LogP contribution in [0.2, 0.25) is 5.02 Å². The molecule has 0 aliphatic carbocycles. The van der Waals surface area contributed by atoms with E-state index < -0.39 is 0 Å². The zero-order valence-electron chi connectivity index (χ0n) is 18.1. The lowest BCUT2D eigenvalue weighted by molar-refractivity contribution is -0.124. The second-order valence-corrected chi connectivity index (χ2v) is 8.29. The minimum Gasteiger partial charge on any atom is -0.490 e. The van der Waals surface area contributed by atoms with E-state index in [0.717, 1.165) is 30.1 Å². The first kappa shape index (κ1) is 26.1. The lowest BCUT2D eigenvalue weighted by Gasteiger charge is -2.21. The fourth-order valence-corrected chi connectivity index (χ4v) is 2.89. The number of halogens is 2. The molecule has 0 bridgehead atoms. The zero-order chi connectivity index (χ0) is 21.3. The first-order valence-corrected chi connectivity index (χ1v) is 10.3. The number of hydrogen-bond acceptors (Lipinski definition) is 4. The summed E-state index contributed by atoms with van der Waals surface area (Å²) in [6.45, 7) is 9.79. The molecule has 7 heteroatoms. The molecule has 166 valence electrons. The summed E-state index contributed by atoms with van der Waals surface area (Å²) < 4.78 is 11.4. The molecule has 0 fully saturated rings. The van der Waals surface area contributed by atoms with Gasteiger partial charge in [0.25, 0.3) is 5.91 Å². The van der Waals surface area contributed by atoms with E-state index in [1.165, 1.54) is 5.56 Å². The Hall–Kier alpha value is -1.95. The summed E-state index contributed by atoms with van der Waals surface area (Å²) in [4.78, 5) is 12.0. The van der Waals surface area contributed by atoms with Crippen molar-refractivity contribution in [3.05, 3.63) is 58.6 Å². The van der Waals surface area contributed by atoms with Gasteiger partial charge in [0.1, 0.15) is 0 Å². The second kappa shape index (κ2) is 12.7. The first-order chi connectivity index (χ1) is 13.8. The molecule has 0 radical (unpaired) electrons. The van der Waals surface area contributed by atoms with Gasteiger partial charge in [-0.15, -0.1) is 12.4 Å². The Kier molecular flexibility index (Phi) is 11.0. The van der Waals surface area contributed by atoms with Gasteiger partial charge in [-0.25, -0.2) is 0 Å². The number of nitrogens with one attached hydrogen (secondary N) is 2. The molecule has 0 heterocycles. The molecular formula is C23H32Cl2N2O3. The summed E-state index contributed by atoms with van der Waals surface area (Å²) in [5.41, 5.74) is 2.05. The van der Waals surface area contributed by atoms with Gasteiger partial charge in [-0.05, 0) is 76.1 Å². The highest BCUT2D eigenvalue weighted by Crippen LogP contribution is 2.28. The van der Waals surface area contributed by atoms with Gasteiger partial charge >= 0.3 is 0 Å².